The highest BCUT2D eigenvalue weighted by Gasteiger charge is 2.05. The second-order valence-corrected chi connectivity index (χ2v) is 4.54. The van der Waals surface area contributed by atoms with Crippen molar-refractivity contribution < 1.29 is 5.11 Å². The number of aliphatic hydroxyl groups is 1. The minimum Gasteiger partial charge on any atom is -0.394 e. The first-order valence-corrected chi connectivity index (χ1v) is 5.91. The average molecular weight is 281 g/mol. The van der Waals surface area contributed by atoms with E-state index >= 15 is 0 Å². The Bertz CT molecular complexity index is 476. The van der Waals surface area contributed by atoms with Gasteiger partial charge in [-0.2, -0.15) is 5.10 Å². The number of aromatic nitrogens is 2. The van der Waals surface area contributed by atoms with Gasteiger partial charge in [-0.15, -0.1) is 0 Å². The zero-order chi connectivity index (χ0) is 11.5. The molecule has 0 amide bonds. The van der Waals surface area contributed by atoms with Crippen LogP contribution in [0.5, 0.6) is 0 Å². The van der Waals surface area contributed by atoms with E-state index in [0.717, 1.165) is 21.4 Å². The number of benzene rings is 1. The van der Waals surface area contributed by atoms with Gasteiger partial charge in [-0.1, -0.05) is 28.1 Å². The summed E-state index contributed by atoms with van der Waals surface area (Å²) in [5.41, 5.74) is 3.09. The van der Waals surface area contributed by atoms with Gasteiger partial charge in [0, 0.05) is 15.7 Å². The molecule has 3 nitrogen and oxygen atoms in total. The zero-order valence-corrected chi connectivity index (χ0v) is 10.6. The largest absolute Gasteiger partial charge is 0.394 e. The minimum absolute atomic E-state index is 0.113. The molecule has 0 fully saturated rings. The van der Waals surface area contributed by atoms with Gasteiger partial charge < -0.3 is 5.11 Å². The maximum absolute atomic E-state index is 8.89. The van der Waals surface area contributed by atoms with Gasteiger partial charge in [0.15, 0.2) is 0 Å². The Morgan fingerprint density at radius 1 is 1.31 bits per heavy atom. The molecule has 0 aliphatic heterocycles. The van der Waals surface area contributed by atoms with Crippen LogP contribution in [-0.4, -0.2) is 21.5 Å². The Labute approximate surface area is 103 Å². The number of halogens is 1. The van der Waals surface area contributed by atoms with E-state index in [1.54, 1.807) is 0 Å². The number of hydrogen-bond acceptors (Lipinski definition) is 2. The predicted octanol–water partition coefficient (Wildman–Crippen LogP) is 2.61. The van der Waals surface area contributed by atoms with Crippen LogP contribution in [0.4, 0.5) is 0 Å². The molecule has 1 heterocycles. The van der Waals surface area contributed by atoms with E-state index in [1.807, 2.05) is 41.9 Å². The lowest BCUT2D eigenvalue weighted by Crippen LogP contribution is -2.05. The summed E-state index contributed by atoms with van der Waals surface area (Å²) < 4.78 is 2.87. The Morgan fingerprint density at radius 2 is 2.00 bits per heavy atom. The summed E-state index contributed by atoms with van der Waals surface area (Å²) in [5.74, 6) is 0. The van der Waals surface area contributed by atoms with Crippen LogP contribution in [-0.2, 0) is 6.54 Å². The van der Waals surface area contributed by atoms with Gasteiger partial charge >= 0.3 is 0 Å². The first-order valence-electron chi connectivity index (χ1n) is 5.12. The molecule has 0 saturated carbocycles. The molecule has 1 aromatic carbocycles. The fraction of sp³-hybridized carbons (Fsp3) is 0.250. The fourth-order valence-corrected chi connectivity index (χ4v) is 1.86. The van der Waals surface area contributed by atoms with E-state index in [1.165, 1.54) is 0 Å². The van der Waals surface area contributed by atoms with Gasteiger partial charge in [-0.05, 0) is 25.1 Å². The van der Waals surface area contributed by atoms with Crippen molar-refractivity contribution >= 4 is 15.9 Å². The lowest BCUT2D eigenvalue weighted by Gasteiger charge is -1.99. The molecule has 0 radical (unpaired) electrons. The second kappa shape index (κ2) is 4.80. The van der Waals surface area contributed by atoms with E-state index in [9.17, 15) is 0 Å². The molecule has 2 aromatic rings. The van der Waals surface area contributed by atoms with Gasteiger partial charge in [0.1, 0.15) is 0 Å². The standard InChI is InChI=1S/C12H13BrN2O/c1-9-8-12(14-15(9)6-7-16)10-2-4-11(13)5-3-10/h2-5,8,16H,6-7H2,1H3. The molecule has 0 bridgehead atoms. The third kappa shape index (κ3) is 2.33. The lowest BCUT2D eigenvalue weighted by atomic mass is 10.1. The van der Waals surface area contributed by atoms with Gasteiger partial charge in [0.05, 0.1) is 18.8 Å². The molecule has 0 spiro atoms. The van der Waals surface area contributed by atoms with Crippen molar-refractivity contribution in [2.75, 3.05) is 6.61 Å². The van der Waals surface area contributed by atoms with Crippen LogP contribution in [0.2, 0.25) is 0 Å². The van der Waals surface area contributed by atoms with Crippen LogP contribution in [0.15, 0.2) is 34.8 Å². The van der Waals surface area contributed by atoms with Crippen molar-refractivity contribution in [1.82, 2.24) is 9.78 Å². The second-order valence-electron chi connectivity index (χ2n) is 3.62. The van der Waals surface area contributed by atoms with Crippen molar-refractivity contribution in [2.24, 2.45) is 0 Å². The molecule has 4 heteroatoms. The highest BCUT2D eigenvalue weighted by atomic mass is 79.9. The number of nitrogens with zero attached hydrogens (tertiary/aromatic N) is 2. The lowest BCUT2D eigenvalue weighted by molar-refractivity contribution is 0.268. The molecular weight excluding hydrogens is 268 g/mol. The third-order valence-corrected chi connectivity index (χ3v) is 2.96. The number of hydrogen-bond donors (Lipinski definition) is 1. The fourth-order valence-electron chi connectivity index (χ4n) is 1.59. The van der Waals surface area contributed by atoms with Crippen LogP contribution < -0.4 is 0 Å². The highest BCUT2D eigenvalue weighted by Crippen LogP contribution is 2.21. The smallest absolute Gasteiger partial charge is 0.0925 e. The van der Waals surface area contributed by atoms with Crippen LogP contribution in [0, 0.1) is 6.92 Å². The molecule has 0 saturated heterocycles. The van der Waals surface area contributed by atoms with Crippen molar-refractivity contribution in [3.63, 3.8) is 0 Å². The van der Waals surface area contributed by atoms with Gasteiger partial charge in [0.2, 0.25) is 0 Å². The van der Waals surface area contributed by atoms with E-state index in [4.69, 9.17) is 5.11 Å². The summed E-state index contributed by atoms with van der Waals surface area (Å²) in [4.78, 5) is 0. The normalized spacial score (nSPS) is 10.7. The van der Waals surface area contributed by atoms with Crippen LogP contribution in [0.25, 0.3) is 11.3 Å². The third-order valence-electron chi connectivity index (χ3n) is 2.43. The summed E-state index contributed by atoms with van der Waals surface area (Å²) in [6, 6.07) is 10.1. The Kier molecular flexibility index (Phi) is 3.41. The van der Waals surface area contributed by atoms with E-state index in [-0.39, 0.29) is 6.61 Å². The molecule has 2 rings (SSSR count). The monoisotopic (exact) mass is 280 g/mol. The quantitative estimate of drug-likeness (QED) is 0.939. The Hall–Kier alpha value is -1.13. The summed E-state index contributed by atoms with van der Waals surface area (Å²) >= 11 is 3.40. The minimum atomic E-state index is 0.113. The molecular formula is C12H13BrN2O. The first-order chi connectivity index (χ1) is 7.70. The van der Waals surface area contributed by atoms with Crippen LogP contribution in [0.1, 0.15) is 5.69 Å². The van der Waals surface area contributed by atoms with Crippen molar-refractivity contribution in [3.8, 4) is 11.3 Å². The summed E-state index contributed by atoms with van der Waals surface area (Å²) in [6.07, 6.45) is 0. The van der Waals surface area contributed by atoms with Crippen molar-refractivity contribution in [1.29, 1.82) is 0 Å². The number of aryl methyl sites for hydroxylation is 1. The molecule has 0 aliphatic rings. The molecule has 0 aliphatic carbocycles. The molecule has 1 N–H and O–H groups in total. The molecule has 84 valence electrons. The zero-order valence-electron chi connectivity index (χ0n) is 9.02. The first kappa shape index (κ1) is 11.4. The highest BCUT2D eigenvalue weighted by molar-refractivity contribution is 9.10. The van der Waals surface area contributed by atoms with E-state index in [0.29, 0.717) is 6.54 Å². The maximum atomic E-state index is 8.89. The van der Waals surface area contributed by atoms with Gasteiger partial charge in [-0.3, -0.25) is 4.68 Å². The van der Waals surface area contributed by atoms with E-state index < -0.39 is 0 Å². The van der Waals surface area contributed by atoms with E-state index in [2.05, 4.69) is 21.0 Å². The molecule has 0 unspecified atom stereocenters. The van der Waals surface area contributed by atoms with Crippen LogP contribution >= 0.6 is 15.9 Å². The maximum Gasteiger partial charge on any atom is 0.0925 e. The Balaban J connectivity index is 2.33. The van der Waals surface area contributed by atoms with Crippen LogP contribution in [0.3, 0.4) is 0 Å². The summed E-state index contributed by atoms with van der Waals surface area (Å²) in [7, 11) is 0. The summed E-state index contributed by atoms with van der Waals surface area (Å²) in [6.45, 7) is 2.65. The van der Waals surface area contributed by atoms with Crippen molar-refractivity contribution in [3.05, 3.63) is 40.5 Å². The number of aliphatic hydroxyl groups excluding tert-OH is 1. The summed E-state index contributed by atoms with van der Waals surface area (Å²) in [5, 5.41) is 13.3. The average Bonchev–Trinajstić information content (AvgIpc) is 2.62. The van der Waals surface area contributed by atoms with Gasteiger partial charge in [0.25, 0.3) is 0 Å². The SMILES string of the molecule is Cc1cc(-c2ccc(Br)cc2)nn1CCO. The topological polar surface area (TPSA) is 38.0 Å². The molecule has 1 aromatic heterocycles. The molecule has 16 heavy (non-hydrogen) atoms. The van der Waals surface area contributed by atoms with Gasteiger partial charge in [-0.25, -0.2) is 0 Å². The van der Waals surface area contributed by atoms with Crippen molar-refractivity contribution in [2.45, 2.75) is 13.5 Å². The predicted molar refractivity (Wildman–Crippen MR) is 67.2 cm³/mol. The molecule has 0 atom stereocenters. The number of rotatable bonds is 3. The Morgan fingerprint density at radius 3 is 2.62 bits per heavy atom.